The highest BCUT2D eigenvalue weighted by molar-refractivity contribution is 6.62. The molecule has 41 heavy (non-hydrogen) atoms. The molecule has 13 heteroatoms. The minimum absolute atomic E-state index is 0.0167. The van der Waals surface area contributed by atoms with Crippen LogP contribution in [0.25, 0.3) is 0 Å². The van der Waals surface area contributed by atoms with Gasteiger partial charge in [-0.2, -0.15) is 0 Å². The zero-order valence-corrected chi connectivity index (χ0v) is 24.7. The number of benzene rings is 1. The van der Waals surface area contributed by atoms with Crippen LogP contribution in [0.3, 0.4) is 0 Å². The van der Waals surface area contributed by atoms with Crippen LogP contribution in [-0.4, -0.2) is 84.9 Å². The number of rotatable bonds is 23. The van der Waals surface area contributed by atoms with Crippen LogP contribution < -0.4 is 26.9 Å². The summed E-state index contributed by atoms with van der Waals surface area (Å²) in [7, 11) is -1.89. The maximum Gasteiger partial charge on any atom is 0.488 e. The second kappa shape index (κ2) is 22.2. The number of hydrogen-bond acceptors (Lipinski definition) is 9. The lowest BCUT2D eigenvalue weighted by atomic mass is 9.72. The van der Waals surface area contributed by atoms with Crippen LogP contribution >= 0.6 is 0 Å². The Labute approximate surface area is 245 Å². The Morgan fingerprint density at radius 1 is 0.756 bits per heavy atom. The number of likely N-dealkylation sites (N-methyl/N-ethyl adjacent to an activating group) is 1. The lowest BCUT2D eigenvalue weighted by Crippen LogP contribution is -2.40. The molecular formula is C28H49B2N3O8. The van der Waals surface area contributed by atoms with Crippen LogP contribution in [0.5, 0.6) is 0 Å². The first-order valence-electron chi connectivity index (χ1n) is 15.0. The highest BCUT2D eigenvalue weighted by Gasteiger charge is 2.20. The first-order chi connectivity index (χ1) is 19.7. The van der Waals surface area contributed by atoms with E-state index in [2.05, 4.69) is 16.0 Å². The van der Waals surface area contributed by atoms with Crippen LogP contribution in [0.4, 0.5) is 0 Å². The van der Waals surface area contributed by atoms with Gasteiger partial charge in [0.2, 0.25) is 5.91 Å². The van der Waals surface area contributed by atoms with E-state index in [-0.39, 0.29) is 34.4 Å². The molecule has 0 radical (unpaired) electrons. The van der Waals surface area contributed by atoms with E-state index < -0.39 is 20.1 Å². The Kier molecular flexibility index (Phi) is 19.8. The number of nitrogens with one attached hydrogen (secondary N) is 3. The largest absolute Gasteiger partial charge is 0.488 e. The van der Waals surface area contributed by atoms with Crippen molar-refractivity contribution in [3.8, 4) is 0 Å². The van der Waals surface area contributed by atoms with Gasteiger partial charge in [0.05, 0.1) is 6.61 Å². The number of ether oxygens (including phenoxy) is 1. The molecule has 0 aliphatic heterocycles. The summed E-state index contributed by atoms with van der Waals surface area (Å²) < 4.78 is 5.03. The molecule has 0 aliphatic carbocycles. The van der Waals surface area contributed by atoms with Crippen molar-refractivity contribution in [1.82, 2.24) is 16.0 Å². The standard InChI is InChI=1S/C28H49B2N3O8/c1-3-41-28(36)25(31-2)15-12-14-17-32-26(34)16-11-9-7-5-4-6-8-10-13-18-33-27(35)22-19-23(29(37)38)21-24(20-22)30(39)40/h19-21,25,31,37-40H,3-18H2,1-2H3,(H,32,34)(H,33,35)/t25-/m0/s1. The molecule has 0 unspecified atom stereocenters. The molecule has 0 fully saturated rings. The quantitative estimate of drug-likeness (QED) is 0.0541. The maximum absolute atomic E-state index is 12.4. The van der Waals surface area contributed by atoms with Crippen molar-refractivity contribution in [3.05, 3.63) is 23.8 Å². The van der Waals surface area contributed by atoms with E-state index in [9.17, 15) is 34.5 Å². The second-order valence-corrected chi connectivity index (χ2v) is 10.3. The predicted molar refractivity (Wildman–Crippen MR) is 161 cm³/mol. The van der Waals surface area contributed by atoms with Gasteiger partial charge < -0.3 is 40.8 Å². The summed E-state index contributed by atoms with van der Waals surface area (Å²) in [5, 5.41) is 46.1. The van der Waals surface area contributed by atoms with Gasteiger partial charge in [0.1, 0.15) is 6.04 Å². The molecule has 0 spiro atoms. The third-order valence-electron chi connectivity index (χ3n) is 6.86. The van der Waals surface area contributed by atoms with Gasteiger partial charge in [-0.1, -0.05) is 51.0 Å². The van der Waals surface area contributed by atoms with E-state index in [0.29, 0.717) is 32.5 Å². The van der Waals surface area contributed by atoms with Crippen LogP contribution in [0.15, 0.2) is 18.2 Å². The highest BCUT2D eigenvalue weighted by Crippen LogP contribution is 2.11. The zero-order valence-electron chi connectivity index (χ0n) is 24.7. The summed E-state index contributed by atoms with van der Waals surface area (Å²) in [5.74, 6) is -0.553. The van der Waals surface area contributed by atoms with Gasteiger partial charge in [0.25, 0.3) is 5.91 Å². The van der Waals surface area contributed by atoms with E-state index in [0.717, 1.165) is 70.6 Å². The van der Waals surface area contributed by atoms with Gasteiger partial charge in [-0.25, -0.2) is 0 Å². The maximum atomic E-state index is 12.4. The van der Waals surface area contributed by atoms with Crippen molar-refractivity contribution in [1.29, 1.82) is 0 Å². The summed E-state index contributed by atoms with van der Waals surface area (Å²) >= 11 is 0. The lowest BCUT2D eigenvalue weighted by molar-refractivity contribution is -0.145. The fourth-order valence-corrected chi connectivity index (χ4v) is 4.47. The summed E-state index contributed by atoms with van der Waals surface area (Å²) in [6.45, 7) is 3.26. The number of amides is 2. The Bertz CT molecular complexity index is 879. The highest BCUT2D eigenvalue weighted by atomic mass is 16.5. The van der Waals surface area contributed by atoms with Crippen LogP contribution in [0.1, 0.15) is 101 Å². The van der Waals surface area contributed by atoms with Crippen LogP contribution in [-0.2, 0) is 14.3 Å². The molecule has 0 heterocycles. The average Bonchev–Trinajstić information content (AvgIpc) is 2.95. The smallest absolute Gasteiger partial charge is 0.465 e. The second-order valence-electron chi connectivity index (χ2n) is 10.3. The molecule has 0 aliphatic rings. The van der Waals surface area contributed by atoms with E-state index in [1.807, 2.05) is 0 Å². The van der Waals surface area contributed by atoms with Gasteiger partial charge >= 0.3 is 20.2 Å². The molecule has 230 valence electrons. The van der Waals surface area contributed by atoms with E-state index >= 15 is 0 Å². The number of carbonyl (C=O) groups excluding carboxylic acids is 3. The van der Waals surface area contributed by atoms with Crippen LogP contribution in [0.2, 0.25) is 0 Å². The van der Waals surface area contributed by atoms with E-state index in [1.165, 1.54) is 18.2 Å². The summed E-state index contributed by atoms with van der Waals surface area (Å²) in [4.78, 5) is 36.1. The topological polar surface area (TPSA) is 177 Å². The first kappa shape index (κ1) is 36.6. The molecule has 11 nitrogen and oxygen atoms in total. The molecule has 7 N–H and O–H groups in total. The van der Waals surface area contributed by atoms with Crippen molar-refractivity contribution >= 4 is 42.9 Å². The minimum Gasteiger partial charge on any atom is -0.465 e. The predicted octanol–water partition coefficient (Wildman–Crippen LogP) is 0.115. The third-order valence-corrected chi connectivity index (χ3v) is 6.86. The Morgan fingerprint density at radius 3 is 1.80 bits per heavy atom. The summed E-state index contributed by atoms with van der Waals surface area (Å²) in [6.07, 6.45) is 12.2. The molecule has 0 saturated carbocycles. The van der Waals surface area contributed by atoms with Crippen molar-refractivity contribution in [2.75, 3.05) is 26.7 Å². The summed E-state index contributed by atoms with van der Waals surface area (Å²) in [6, 6.07) is 3.56. The van der Waals surface area contributed by atoms with Crippen LogP contribution in [0, 0.1) is 0 Å². The summed E-state index contributed by atoms with van der Waals surface area (Å²) in [5.41, 5.74) is 0.174. The molecule has 2 amide bonds. The number of hydrogen-bond donors (Lipinski definition) is 7. The Hall–Kier alpha value is -2.44. The molecule has 0 saturated heterocycles. The molecule has 1 aromatic rings. The van der Waals surface area contributed by atoms with Gasteiger partial charge in [-0.3, -0.25) is 14.4 Å². The van der Waals surface area contributed by atoms with Gasteiger partial charge in [0.15, 0.2) is 0 Å². The third kappa shape index (κ3) is 16.6. The monoisotopic (exact) mass is 577 g/mol. The first-order valence-corrected chi connectivity index (χ1v) is 15.0. The van der Waals surface area contributed by atoms with Gasteiger partial charge in [0, 0.05) is 25.1 Å². The number of carbonyl (C=O) groups is 3. The van der Waals surface area contributed by atoms with Crippen molar-refractivity contribution < 1.29 is 39.2 Å². The molecular weight excluding hydrogens is 528 g/mol. The number of unbranched alkanes of at least 4 members (excludes halogenated alkanes) is 9. The number of esters is 1. The van der Waals surface area contributed by atoms with Crippen molar-refractivity contribution in [2.24, 2.45) is 0 Å². The van der Waals surface area contributed by atoms with E-state index in [1.54, 1.807) is 14.0 Å². The van der Waals surface area contributed by atoms with E-state index in [4.69, 9.17) is 4.74 Å². The average molecular weight is 577 g/mol. The molecule has 0 aromatic heterocycles. The SMILES string of the molecule is CCOC(=O)[C@H](CCCCNC(=O)CCCCCCCCCCCNC(=O)c1cc(B(O)O)cc(B(O)O)c1)NC. The molecule has 1 rings (SSSR count). The fourth-order valence-electron chi connectivity index (χ4n) is 4.47. The fraction of sp³-hybridized carbons (Fsp3) is 0.679. The van der Waals surface area contributed by atoms with Gasteiger partial charge in [-0.15, -0.1) is 0 Å². The molecule has 0 bridgehead atoms. The molecule has 1 atom stereocenters. The Morgan fingerprint density at radius 2 is 1.27 bits per heavy atom. The Balaban J connectivity index is 2.01. The lowest BCUT2D eigenvalue weighted by Gasteiger charge is -2.14. The minimum atomic E-state index is -1.82. The van der Waals surface area contributed by atoms with Gasteiger partial charge in [-0.05, 0) is 69.1 Å². The molecule has 1 aromatic carbocycles. The normalized spacial score (nSPS) is 11.6. The van der Waals surface area contributed by atoms with Crippen molar-refractivity contribution in [2.45, 2.75) is 96.4 Å². The zero-order chi connectivity index (χ0) is 30.5. The van der Waals surface area contributed by atoms with Crippen molar-refractivity contribution in [3.63, 3.8) is 0 Å².